The molecule has 0 spiro atoms. The summed E-state index contributed by atoms with van der Waals surface area (Å²) in [5.41, 5.74) is 0. The average molecular weight is 220 g/mol. The zero-order valence-corrected chi connectivity index (χ0v) is 11.6. The van der Waals surface area contributed by atoms with Gasteiger partial charge in [-0.2, -0.15) is 0 Å². The summed E-state index contributed by atoms with van der Waals surface area (Å²) in [6, 6.07) is 0. The van der Waals surface area contributed by atoms with E-state index in [4.69, 9.17) is 0 Å². The van der Waals surface area contributed by atoms with Gasteiger partial charge < -0.3 is 0 Å². The summed E-state index contributed by atoms with van der Waals surface area (Å²) in [5, 5.41) is 0. The van der Waals surface area contributed by atoms with E-state index in [-0.39, 0.29) is 0 Å². The first-order valence-corrected chi connectivity index (χ1v) is 9.89. The van der Waals surface area contributed by atoms with Gasteiger partial charge in [0.1, 0.15) is 0 Å². The van der Waals surface area contributed by atoms with Gasteiger partial charge in [-0.05, 0) is 44.4 Å². The summed E-state index contributed by atoms with van der Waals surface area (Å²) in [4.78, 5) is 0. The van der Waals surface area contributed by atoms with E-state index in [1.165, 1.54) is 38.0 Å². The molecule has 0 aromatic carbocycles. The summed E-state index contributed by atoms with van der Waals surface area (Å²) in [5.74, 6) is 1.57. The van der Waals surface area contributed by atoms with Gasteiger partial charge in [0.05, 0.1) is 0 Å². The molecule has 2 heteroatoms. The van der Waals surface area contributed by atoms with Crippen molar-refractivity contribution in [3.63, 3.8) is 0 Å². The molecule has 0 heterocycles. The van der Waals surface area contributed by atoms with E-state index in [1.807, 2.05) is 0 Å². The molecule has 0 saturated carbocycles. The van der Waals surface area contributed by atoms with Gasteiger partial charge in [0, 0.05) is 0 Å². The largest absolute Gasteiger partial charge is 0.106 e. The van der Waals surface area contributed by atoms with Gasteiger partial charge in [0.2, 0.25) is 0 Å². The highest BCUT2D eigenvalue weighted by molar-refractivity contribution is 7.73. The zero-order valence-electron chi connectivity index (χ0n) is 9.84. The van der Waals surface area contributed by atoms with Crippen LogP contribution in [0.3, 0.4) is 0 Å². The lowest BCUT2D eigenvalue weighted by Crippen LogP contribution is -1.91. The molecule has 0 aliphatic rings. The fourth-order valence-corrected chi connectivity index (χ4v) is 7.55. The minimum absolute atomic E-state index is 0.386. The van der Waals surface area contributed by atoms with Gasteiger partial charge in [-0.15, -0.1) is 15.8 Å². The Bertz CT molecular complexity index is 92.3. The molecule has 0 fully saturated rings. The van der Waals surface area contributed by atoms with Crippen LogP contribution < -0.4 is 0 Å². The number of hydrogen-bond donors (Lipinski definition) is 0. The minimum Gasteiger partial charge on any atom is -0.106 e. The molecule has 0 rings (SSSR count). The smallest absolute Gasteiger partial charge is 0.0125 e. The standard InChI is InChI=1S/C11H26P2/c1-5-7-9-12(3)11-13(4)10-8-6-2/h5-11H2,1-4H3. The van der Waals surface area contributed by atoms with Crippen LogP contribution in [0.2, 0.25) is 0 Å². The summed E-state index contributed by atoms with van der Waals surface area (Å²) < 4.78 is 0. The Balaban J connectivity index is 3.35. The summed E-state index contributed by atoms with van der Waals surface area (Å²) in [6.45, 7) is 9.59. The van der Waals surface area contributed by atoms with Crippen LogP contribution in [0.5, 0.6) is 0 Å². The molecule has 0 aliphatic carbocycles. The Kier molecular flexibility index (Phi) is 10.0. The van der Waals surface area contributed by atoms with Crippen LogP contribution >= 0.6 is 15.8 Å². The maximum absolute atomic E-state index is 2.50. The van der Waals surface area contributed by atoms with Crippen LogP contribution in [0.4, 0.5) is 0 Å². The first-order valence-electron chi connectivity index (χ1n) is 5.57. The maximum Gasteiger partial charge on any atom is -0.0125 e. The first-order chi connectivity index (χ1) is 6.20. The molecule has 80 valence electrons. The highest BCUT2D eigenvalue weighted by Gasteiger charge is 2.06. The second-order valence-electron chi connectivity index (χ2n) is 4.01. The molecule has 0 saturated heterocycles. The number of rotatable bonds is 8. The van der Waals surface area contributed by atoms with E-state index >= 15 is 0 Å². The molecule has 0 N–H and O–H groups in total. The van der Waals surface area contributed by atoms with E-state index in [9.17, 15) is 0 Å². The molecule has 0 nitrogen and oxygen atoms in total. The molecule has 0 bridgehead atoms. The van der Waals surface area contributed by atoms with Gasteiger partial charge in [-0.25, -0.2) is 0 Å². The van der Waals surface area contributed by atoms with Gasteiger partial charge in [0.15, 0.2) is 0 Å². The van der Waals surface area contributed by atoms with Gasteiger partial charge in [0.25, 0.3) is 0 Å². The lowest BCUT2D eigenvalue weighted by Gasteiger charge is -2.17. The fraction of sp³-hybridized carbons (Fsp3) is 1.00. The van der Waals surface area contributed by atoms with Crippen LogP contribution in [0.25, 0.3) is 0 Å². The van der Waals surface area contributed by atoms with Crippen molar-refractivity contribution in [3.05, 3.63) is 0 Å². The molecular weight excluding hydrogens is 194 g/mol. The second-order valence-corrected chi connectivity index (χ2v) is 9.46. The van der Waals surface area contributed by atoms with E-state index in [2.05, 4.69) is 27.2 Å². The summed E-state index contributed by atoms with van der Waals surface area (Å²) in [7, 11) is 0.773. The predicted molar refractivity (Wildman–Crippen MR) is 70.1 cm³/mol. The molecule has 13 heavy (non-hydrogen) atoms. The minimum atomic E-state index is 0.386. The molecule has 0 aliphatic heterocycles. The second kappa shape index (κ2) is 9.42. The van der Waals surface area contributed by atoms with E-state index < -0.39 is 0 Å². The molecule has 0 aromatic heterocycles. The van der Waals surface area contributed by atoms with E-state index in [0.29, 0.717) is 15.8 Å². The van der Waals surface area contributed by atoms with Crippen LogP contribution in [0.1, 0.15) is 39.5 Å². The summed E-state index contributed by atoms with van der Waals surface area (Å²) >= 11 is 0. The van der Waals surface area contributed by atoms with Gasteiger partial charge in [-0.3, -0.25) is 0 Å². The third-order valence-electron chi connectivity index (χ3n) is 2.27. The molecule has 0 amide bonds. The Morgan fingerprint density at radius 3 is 1.46 bits per heavy atom. The SMILES string of the molecule is CCCCP(C)CP(C)CCCC. The number of unbranched alkanes of at least 4 members (excludes halogenated alkanes) is 2. The molecule has 2 atom stereocenters. The quantitative estimate of drug-likeness (QED) is 0.517. The van der Waals surface area contributed by atoms with Gasteiger partial charge in [-0.1, -0.05) is 26.7 Å². The lowest BCUT2D eigenvalue weighted by atomic mass is 10.4. The van der Waals surface area contributed by atoms with Crippen molar-refractivity contribution < 1.29 is 0 Å². The third kappa shape index (κ3) is 9.17. The van der Waals surface area contributed by atoms with Crippen LogP contribution in [0.15, 0.2) is 0 Å². The van der Waals surface area contributed by atoms with Crippen LogP contribution in [0, 0.1) is 0 Å². The monoisotopic (exact) mass is 220 g/mol. The van der Waals surface area contributed by atoms with Crippen molar-refractivity contribution >= 4 is 15.8 Å². The predicted octanol–water partition coefficient (Wildman–Crippen LogP) is 4.77. The maximum atomic E-state index is 2.50. The Hall–Kier alpha value is 0.860. The zero-order chi connectivity index (χ0) is 10.1. The van der Waals surface area contributed by atoms with E-state index in [0.717, 1.165) is 0 Å². The van der Waals surface area contributed by atoms with E-state index in [1.54, 1.807) is 5.90 Å². The topological polar surface area (TPSA) is 0 Å². The van der Waals surface area contributed by atoms with Crippen molar-refractivity contribution in [1.29, 1.82) is 0 Å². The van der Waals surface area contributed by atoms with Gasteiger partial charge >= 0.3 is 0 Å². The van der Waals surface area contributed by atoms with Crippen molar-refractivity contribution in [2.75, 3.05) is 31.6 Å². The van der Waals surface area contributed by atoms with Crippen LogP contribution in [-0.2, 0) is 0 Å². The van der Waals surface area contributed by atoms with Crippen LogP contribution in [-0.4, -0.2) is 31.6 Å². The molecule has 2 unspecified atom stereocenters. The Morgan fingerprint density at radius 2 is 1.15 bits per heavy atom. The highest BCUT2D eigenvalue weighted by atomic mass is 31.2. The van der Waals surface area contributed by atoms with Crippen molar-refractivity contribution in [2.24, 2.45) is 0 Å². The Labute approximate surface area is 87.4 Å². The highest BCUT2D eigenvalue weighted by Crippen LogP contribution is 2.47. The molecular formula is C11H26P2. The summed E-state index contributed by atoms with van der Waals surface area (Å²) in [6.07, 6.45) is 8.71. The van der Waals surface area contributed by atoms with Crippen molar-refractivity contribution in [1.82, 2.24) is 0 Å². The number of hydrogen-bond acceptors (Lipinski definition) is 0. The average Bonchev–Trinajstić information content (AvgIpc) is 2.11. The van der Waals surface area contributed by atoms with Crippen molar-refractivity contribution in [3.8, 4) is 0 Å². The fourth-order valence-electron chi connectivity index (χ4n) is 1.41. The van der Waals surface area contributed by atoms with Crippen molar-refractivity contribution in [2.45, 2.75) is 39.5 Å². The first kappa shape index (κ1) is 13.9. The molecule has 0 aromatic rings. The normalized spacial score (nSPS) is 15.7. The third-order valence-corrected chi connectivity index (χ3v) is 8.29. The Morgan fingerprint density at radius 1 is 0.769 bits per heavy atom. The molecule has 0 radical (unpaired) electrons. The lowest BCUT2D eigenvalue weighted by molar-refractivity contribution is 0.889.